The molecule has 66 valence electrons. The molecule has 0 aromatic carbocycles. The van der Waals surface area contributed by atoms with Crippen LogP contribution in [0.3, 0.4) is 0 Å². The highest BCUT2D eigenvalue weighted by Gasteiger charge is 2.18. The van der Waals surface area contributed by atoms with Crippen LogP contribution in [0.25, 0.3) is 0 Å². The van der Waals surface area contributed by atoms with Crippen molar-refractivity contribution in [1.29, 1.82) is 0 Å². The van der Waals surface area contributed by atoms with Crippen LogP contribution < -0.4 is 5.73 Å². The molecule has 0 radical (unpaired) electrons. The van der Waals surface area contributed by atoms with Crippen LogP contribution in [0.15, 0.2) is 23.8 Å². The lowest BCUT2D eigenvalue weighted by Gasteiger charge is -2.14. The Kier molecular flexibility index (Phi) is 3.05. The van der Waals surface area contributed by atoms with Crippen LogP contribution in [0.5, 0.6) is 0 Å². The van der Waals surface area contributed by atoms with Gasteiger partial charge in [0.1, 0.15) is 6.04 Å². The van der Waals surface area contributed by atoms with Gasteiger partial charge in [-0.2, -0.15) is 0 Å². The minimum atomic E-state index is -0.583. The Bertz CT molecular complexity index is 231. The normalized spacial score (nSPS) is 18.3. The van der Waals surface area contributed by atoms with Crippen LogP contribution in [0.4, 0.5) is 0 Å². The van der Waals surface area contributed by atoms with Crippen molar-refractivity contribution >= 4 is 5.97 Å². The molecule has 0 unspecified atom stereocenters. The number of methoxy groups -OCH3 is 1. The number of esters is 1. The zero-order valence-electron chi connectivity index (χ0n) is 7.12. The van der Waals surface area contributed by atoms with E-state index in [1.165, 1.54) is 7.11 Å². The van der Waals surface area contributed by atoms with Gasteiger partial charge in [-0.15, -0.1) is 0 Å². The summed E-state index contributed by atoms with van der Waals surface area (Å²) in [6.07, 6.45) is 7.66. The average Bonchev–Trinajstić information content (AvgIpc) is 2.17. The van der Waals surface area contributed by atoms with E-state index in [1.807, 2.05) is 18.2 Å². The summed E-state index contributed by atoms with van der Waals surface area (Å²) < 4.78 is 4.54. The highest BCUT2D eigenvalue weighted by molar-refractivity contribution is 5.79. The van der Waals surface area contributed by atoms with Crippen molar-refractivity contribution in [3.05, 3.63) is 23.8 Å². The summed E-state index contributed by atoms with van der Waals surface area (Å²) in [6.45, 7) is 0. The van der Waals surface area contributed by atoms with Crippen molar-refractivity contribution in [3.8, 4) is 0 Å². The highest BCUT2D eigenvalue weighted by atomic mass is 16.5. The fourth-order valence-electron chi connectivity index (χ4n) is 1.15. The fourth-order valence-corrected chi connectivity index (χ4v) is 1.15. The molecule has 0 bridgehead atoms. The van der Waals surface area contributed by atoms with Crippen molar-refractivity contribution in [2.45, 2.75) is 18.9 Å². The minimum absolute atomic E-state index is 0.364. The largest absolute Gasteiger partial charge is 0.468 e. The Labute approximate surface area is 71.9 Å². The van der Waals surface area contributed by atoms with E-state index >= 15 is 0 Å². The number of rotatable bonds is 2. The third-order valence-corrected chi connectivity index (χ3v) is 1.89. The van der Waals surface area contributed by atoms with Crippen LogP contribution in [0, 0.1) is 0 Å². The number of carbonyl (C=O) groups is 1. The van der Waals surface area contributed by atoms with E-state index in [-0.39, 0.29) is 5.97 Å². The number of hydrogen-bond acceptors (Lipinski definition) is 3. The second-order valence-electron chi connectivity index (χ2n) is 2.69. The first-order chi connectivity index (χ1) is 5.75. The zero-order chi connectivity index (χ0) is 8.97. The summed E-state index contributed by atoms with van der Waals surface area (Å²) in [5.41, 5.74) is 6.57. The predicted molar refractivity (Wildman–Crippen MR) is 46.4 cm³/mol. The molecule has 0 amide bonds. The summed E-state index contributed by atoms with van der Waals surface area (Å²) in [5.74, 6) is -0.364. The number of carbonyl (C=O) groups excluding carboxylic acids is 1. The van der Waals surface area contributed by atoms with Crippen molar-refractivity contribution in [2.75, 3.05) is 7.11 Å². The van der Waals surface area contributed by atoms with Gasteiger partial charge < -0.3 is 10.5 Å². The first kappa shape index (κ1) is 9.00. The SMILES string of the molecule is COC(=O)[C@@H](N)C1=CCC=CC1. The van der Waals surface area contributed by atoms with Crippen molar-refractivity contribution in [1.82, 2.24) is 0 Å². The molecule has 1 rings (SSSR count). The number of allylic oxidation sites excluding steroid dienone is 3. The molecule has 1 aliphatic rings. The third kappa shape index (κ3) is 1.95. The molecule has 12 heavy (non-hydrogen) atoms. The molecule has 0 aliphatic heterocycles. The van der Waals surface area contributed by atoms with Gasteiger partial charge in [-0.1, -0.05) is 18.2 Å². The van der Waals surface area contributed by atoms with Crippen molar-refractivity contribution in [2.24, 2.45) is 5.73 Å². The van der Waals surface area contributed by atoms with E-state index < -0.39 is 6.04 Å². The average molecular weight is 167 g/mol. The maximum absolute atomic E-state index is 11.0. The summed E-state index contributed by atoms with van der Waals surface area (Å²) >= 11 is 0. The zero-order valence-corrected chi connectivity index (χ0v) is 7.12. The molecule has 1 aliphatic carbocycles. The van der Waals surface area contributed by atoms with Gasteiger partial charge in [0.2, 0.25) is 0 Å². The molecule has 0 aromatic rings. The van der Waals surface area contributed by atoms with E-state index in [1.54, 1.807) is 0 Å². The molecular weight excluding hydrogens is 154 g/mol. The molecule has 1 atom stereocenters. The van der Waals surface area contributed by atoms with Gasteiger partial charge in [0.15, 0.2) is 0 Å². The van der Waals surface area contributed by atoms with Gasteiger partial charge in [-0.3, -0.25) is 4.79 Å². The monoisotopic (exact) mass is 167 g/mol. The fraction of sp³-hybridized carbons (Fsp3) is 0.444. The summed E-state index contributed by atoms with van der Waals surface area (Å²) in [7, 11) is 1.35. The van der Waals surface area contributed by atoms with Gasteiger partial charge in [0.05, 0.1) is 7.11 Å². The van der Waals surface area contributed by atoms with E-state index in [0.717, 1.165) is 18.4 Å². The summed E-state index contributed by atoms with van der Waals surface area (Å²) in [5, 5.41) is 0. The van der Waals surface area contributed by atoms with Gasteiger partial charge in [0.25, 0.3) is 0 Å². The Morgan fingerprint density at radius 1 is 1.67 bits per heavy atom. The molecule has 0 spiro atoms. The van der Waals surface area contributed by atoms with E-state index in [9.17, 15) is 4.79 Å². The predicted octanol–water partition coefficient (Wildman–Crippen LogP) is 0.763. The standard InChI is InChI=1S/C9H13NO2/c1-12-9(11)8(10)7-5-3-2-4-6-7/h2-3,6,8H,4-5,10H2,1H3/t8-/m0/s1. The smallest absolute Gasteiger partial charge is 0.326 e. The van der Waals surface area contributed by atoms with E-state index in [0.29, 0.717) is 0 Å². The molecular formula is C9H13NO2. The lowest BCUT2D eigenvalue weighted by molar-refractivity contribution is -0.141. The van der Waals surface area contributed by atoms with Crippen molar-refractivity contribution < 1.29 is 9.53 Å². The Morgan fingerprint density at radius 2 is 2.42 bits per heavy atom. The first-order valence-corrected chi connectivity index (χ1v) is 3.93. The maximum Gasteiger partial charge on any atom is 0.326 e. The van der Waals surface area contributed by atoms with Crippen LogP contribution in [-0.2, 0) is 9.53 Å². The van der Waals surface area contributed by atoms with Crippen LogP contribution >= 0.6 is 0 Å². The van der Waals surface area contributed by atoms with Gasteiger partial charge in [0, 0.05) is 0 Å². The highest BCUT2D eigenvalue weighted by Crippen LogP contribution is 2.14. The maximum atomic E-state index is 11.0. The number of nitrogens with two attached hydrogens (primary N) is 1. The lowest BCUT2D eigenvalue weighted by Crippen LogP contribution is -2.33. The van der Waals surface area contributed by atoms with Gasteiger partial charge in [-0.05, 0) is 18.4 Å². The molecule has 0 aromatic heterocycles. The molecule has 3 heteroatoms. The van der Waals surface area contributed by atoms with Gasteiger partial charge >= 0.3 is 5.97 Å². The second-order valence-corrected chi connectivity index (χ2v) is 2.69. The molecule has 3 nitrogen and oxygen atoms in total. The molecule has 0 heterocycles. The van der Waals surface area contributed by atoms with E-state index in [2.05, 4.69) is 4.74 Å². The number of ether oxygens (including phenoxy) is 1. The third-order valence-electron chi connectivity index (χ3n) is 1.89. The Hall–Kier alpha value is -1.09. The summed E-state index contributed by atoms with van der Waals surface area (Å²) in [4.78, 5) is 11.0. The van der Waals surface area contributed by atoms with E-state index in [4.69, 9.17) is 5.73 Å². The lowest BCUT2D eigenvalue weighted by atomic mass is 9.99. The second kappa shape index (κ2) is 4.07. The van der Waals surface area contributed by atoms with Crippen LogP contribution in [0.1, 0.15) is 12.8 Å². The molecule has 0 saturated heterocycles. The van der Waals surface area contributed by atoms with Crippen molar-refractivity contribution in [3.63, 3.8) is 0 Å². The molecule has 0 fully saturated rings. The number of hydrogen-bond donors (Lipinski definition) is 1. The van der Waals surface area contributed by atoms with Gasteiger partial charge in [-0.25, -0.2) is 0 Å². The Balaban J connectivity index is 2.57. The topological polar surface area (TPSA) is 52.3 Å². The summed E-state index contributed by atoms with van der Waals surface area (Å²) in [6, 6.07) is -0.583. The Morgan fingerprint density at radius 3 is 2.92 bits per heavy atom. The van der Waals surface area contributed by atoms with Crippen LogP contribution in [-0.4, -0.2) is 19.1 Å². The molecule has 0 saturated carbocycles. The van der Waals surface area contributed by atoms with Crippen LogP contribution in [0.2, 0.25) is 0 Å². The first-order valence-electron chi connectivity index (χ1n) is 3.93. The molecule has 2 N–H and O–H groups in total. The minimum Gasteiger partial charge on any atom is -0.468 e. The quantitative estimate of drug-likeness (QED) is 0.488.